The third kappa shape index (κ3) is 4.04. The number of likely N-dealkylation sites (N-methyl/N-ethyl adjacent to an activating group) is 1. The molecule has 1 fully saturated rings. The van der Waals surface area contributed by atoms with Crippen molar-refractivity contribution in [3.63, 3.8) is 0 Å². The van der Waals surface area contributed by atoms with Gasteiger partial charge < -0.3 is 19.5 Å². The molecule has 0 bridgehead atoms. The third-order valence-electron chi connectivity index (χ3n) is 4.93. The highest BCUT2D eigenvalue weighted by Crippen LogP contribution is 2.11. The summed E-state index contributed by atoms with van der Waals surface area (Å²) in [5.74, 6) is 0.228. The van der Waals surface area contributed by atoms with E-state index in [2.05, 4.69) is 43.6 Å². The fraction of sp³-hybridized carbons (Fsp3) is 0.421. The monoisotopic (exact) mass is 329 g/mol. The highest BCUT2D eigenvalue weighted by atomic mass is 16.3. The fourth-order valence-corrected chi connectivity index (χ4v) is 3.33. The normalized spacial score (nSPS) is 22.1. The van der Waals surface area contributed by atoms with Crippen LogP contribution < -0.4 is 15.1 Å². The minimum atomic E-state index is -0.142. The van der Waals surface area contributed by atoms with Gasteiger partial charge in [-0.3, -0.25) is 4.79 Å². The number of nitrogens with one attached hydrogen (secondary N) is 3. The highest BCUT2D eigenvalue weighted by Gasteiger charge is 2.29. The van der Waals surface area contributed by atoms with Crippen LogP contribution in [0.2, 0.25) is 0 Å². The number of furan rings is 1. The van der Waals surface area contributed by atoms with E-state index < -0.39 is 0 Å². The number of hydrogen-bond acceptors (Lipinski definition) is 2. The van der Waals surface area contributed by atoms with Gasteiger partial charge in [-0.15, -0.1) is 0 Å². The number of benzene rings is 1. The minimum Gasteiger partial charge on any atom is -0.459 e. The summed E-state index contributed by atoms with van der Waals surface area (Å²) in [6, 6.07) is 12.4. The summed E-state index contributed by atoms with van der Waals surface area (Å²) in [6.45, 7) is 7.32. The van der Waals surface area contributed by atoms with Crippen molar-refractivity contribution in [1.29, 1.82) is 0 Å². The Morgan fingerprint density at radius 1 is 1.17 bits per heavy atom. The first-order chi connectivity index (χ1) is 11.6. The molecule has 3 rings (SSSR count). The number of aryl methyl sites for hydroxylation is 1. The molecule has 0 spiro atoms. The third-order valence-corrected chi connectivity index (χ3v) is 4.93. The van der Waals surface area contributed by atoms with Crippen LogP contribution in [0.1, 0.15) is 27.7 Å². The van der Waals surface area contributed by atoms with Crippen molar-refractivity contribution in [2.24, 2.45) is 0 Å². The van der Waals surface area contributed by atoms with Crippen molar-refractivity contribution >= 4 is 5.91 Å². The van der Waals surface area contributed by atoms with Crippen LogP contribution in [0, 0.1) is 6.92 Å². The topological polar surface area (TPSA) is 51.1 Å². The average molecular weight is 329 g/mol. The molecule has 5 nitrogen and oxygen atoms in total. The Morgan fingerprint density at radius 3 is 2.50 bits per heavy atom. The lowest BCUT2D eigenvalue weighted by atomic mass is 10.0. The predicted octanol–water partition coefficient (Wildman–Crippen LogP) is -0.528. The summed E-state index contributed by atoms with van der Waals surface area (Å²) in [5.41, 5.74) is 2.55. The fourth-order valence-electron chi connectivity index (χ4n) is 3.33. The van der Waals surface area contributed by atoms with Crippen LogP contribution in [-0.4, -0.2) is 45.7 Å². The van der Waals surface area contributed by atoms with Gasteiger partial charge in [0.1, 0.15) is 32.2 Å². The number of rotatable bonds is 5. The molecule has 1 atom stereocenters. The molecule has 1 aromatic heterocycles. The average Bonchev–Trinajstić information content (AvgIpc) is 3.12. The molecule has 1 saturated heterocycles. The van der Waals surface area contributed by atoms with Crippen molar-refractivity contribution in [2.45, 2.75) is 13.0 Å². The van der Waals surface area contributed by atoms with E-state index in [4.69, 9.17) is 4.42 Å². The number of hydrogen-bond donors (Lipinski definition) is 3. The van der Waals surface area contributed by atoms with Crippen molar-refractivity contribution in [2.75, 3.05) is 39.8 Å². The Hall–Kier alpha value is -2.11. The molecule has 5 heteroatoms. The number of carbonyl (C=O) groups excluding carboxylic acids is 1. The summed E-state index contributed by atoms with van der Waals surface area (Å²) in [7, 11) is 2.25. The maximum atomic E-state index is 12.2. The van der Waals surface area contributed by atoms with Gasteiger partial charge in [0.2, 0.25) is 0 Å². The van der Waals surface area contributed by atoms with Gasteiger partial charge >= 0.3 is 0 Å². The molecule has 1 aromatic carbocycles. The highest BCUT2D eigenvalue weighted by molar-refractivity contribution is 5.91. The Kier molecular flexibility index (Phi) is 5.33. The molecule has 1 aliphatic rings. The van der Waals surface area contributed by atoms with Gasteiger partial charge in [0, 0.05) is 5.56 Å². The van der Waals surface area contributed by atoms with Crippen LogP contribution in [-0.2, 0) is 0 Å². The van der Waals surface area contributed by atoms with E-state index in [1.165, 1.54) is 30.5 Å². The van der Waals surface area contributed by atoms with Crippen LogP contribution >= 0.6 is 0 Å². The van der Waals surface area contributed by atoms with E-state index >= 15 is 0 Å². The number of piperazine rings is 1. The van der Waals surface area contributed by atoms with Crippen LogP contribution in [0.5, 0.6) is 0 Å². The summed E-state index contributed by atoms with van der Waals surface area (Å²) in [4.78, 5) is 15.3. The van der Waals surface area contributed by atoms with Crippen molar-refractivity contribution in [3.05, 3.63) is 59.5 Å². The maximum absolute atomic E-state index is 12.2. The summed E-state index contributed by atoms with van der Waals surface area (Å²) >= 11 is 0. The van der Waals surface area contributed by atoms with E-state index in [0.29, 0.717) is 12.3 Å². The maximum Gasteiger partial charge on any atom is 0.287 e. The van der Waals surface area contributed by atoms with Gasteiger partial charge in [-0.05, 0) is 19.1 Å². The molecule has 0 unspecified atom stereocenters. The molecule has 1 aliphatic heterocycles. The Bertz CT molecular complexity index is 644. The second-order valence-corrected chi connectivity index (χ2v) is 6.77. The van der Waals surface area contributed by atoms with Crippen LogP contribution in [0.15, 0.2) is 47.1 Å². The quantitative estimate of drug-likeness (QED) is 0.691. The number of carbonyl (C=O) groups is 1. The lowest BCUT2D eigenvalue weighted by molar-refractivity contribution is -1.02. The Balaban J connectivity index is 1.71. The molecule has 0 radical (unpaired) electrons. The molecule has 1 amide bonds. The second-order valence-electron chi connectivity index (χ2n) is 6.77. The van der Waals surface area contributed by atoms with E-state index in [0.717, 1.165) is 13.1 Å². The molecular weight excluding hydrogens is 302 g/mol. The number of quaternary nitrogens is 2. The summed E-state index contributed by atoms with van der Waals surface area (Å²) in [5, 5.41) is 3.05. The van der Waals surface area contributed by atoms with Crippen molar-refractivity contribution in [3.8, 4) is 0 Å². The molecule has 128 valence electrons. The van der Waals surface area contributed by atoms with E-state index in [-0.39, 0.29) is 11.9 Å². The second kappa shape index (κ2) is 7.64. The van der Waals surface area contributed by atoms with Crippen molar-refractivity contribution < 1.29 is 19.0 Å². The van der Waals surface area contributed by atoms with E-state index in [9.17, 15) is 4.79 Å². The SMILES string of the molecule is Cc1ccc([C@@H](CNC(=O)c2ccco2)[NH+]2CC[NH+](C)CC2)cc1. The van der Waals surface area contributed by atoms with E-state index in [1.54, 1.807) is 21.9 Å². The molecule has 2 aromatic rings. The summed E-state index contributed by atoms with van der Waals surface area (Å²) in [6.07, 6.45) is 1.53. The van der Waals surface area contributed by atoms with E-state index in [1.807, 2.05) is 0 Å². The lowest BCUT2D eigenvalue weighted by Crippen LogP contribution is -3.27. The lowest BCUT2D eigenvalue weighted by Gasteiger charge is -2.33. The molecule has 0 saturated carbocycles. The van der Waals surface area contributed by atoms with Crippen LogP contribution in [0.3, 0.4) is 0 Å². The summed E-state index contributed by atoms with van der Waals surface area (Å²) < 4.78 is 5.19. The first kappa shape index (κ1) is 16.7. The zero-order chi connectivity index (χ0) is 16.9. The van der Waals surface area contributed by atoms with Gasteiger partial charge in [-0.2, -0.15) is 0 Å². The van der Waals surface area contributed by atoms with Gasteiger partial charge in [0.05, 0.1) is 19.9 Å². The number of amides is 1. The molecule has 24 heavy (non-hydrogen) atoms. The van der Waals surface area contributed by atoms with Crippen LogP contribution in [0.25, 0.3) is 0 Å². The van der Waals surface area contributed by atoms with Gasteiger partial charge in [-0.1, -0.05) is 29.8 Å². The van der Waals surface area contributed by atoms with Crippen molar-refractivity contribution in [1.82, 2.24) is 5.32 Å². The zero-order valence-corrected chi connectivity index (χ0v) is 14.5. The standard InChI is InChI=1S/C19H25N3O2/c1-15-5-7-16(8-6-15)17(22-11-9-21(2)10-12-22)14-20-19(23)18-4-3-13-24-18/h3-8,13,17H,9-12,14H2,1-2H3,(H,20,23)/p+2/t17-/m1/s1. The van der Waals surface area contributed by atoms with Gasteiger partial charge in [0.15, 0.2) is 5.76 Å². The minimum absolute atomic E-state index is 0.142. The first-order valence-corrected chi connectivity index (χ1v) is 8.67. The van der Waals surface area contributed by atoms with Gasteiger partial charge in [-0.25, -0.2) is 0 Å². The zero-order valence-electron chi connectivity index (χ0n) is 14.5. The first-order valence-electron chi connectivity index (χ1n) is 8.67. The molecular formula is C19H27N3O2+2. The largest absolute Gasteiger partial charge is 0.459 e. The molecule has 3 N–H and O–H groups in total. The van der Waals surface area contributed by atoms with Gasteiger partial charge in [0.25, 0.3) is 5.91 Å². The smallest absolute Gasteiger partial charge is 0.287 e. The Labute approximate surface area is 143 Å². The molecule has 0 aliphatic carbocycles. The predicted molar refractivity (Wildman–Crippen MR) is 92.3 cm³/mol. The Morgan fingerprint density at radius 2 is 1.88 bits per heavy atom. The molecule has 2 heterocycles. The van der Waals surface area contributed by atoms with Crippen LogP contribution in [0.4, 0.5) is 0 Å².